The molecule has 1 aromatic carbocycles. The molecule has 0 aromatic heterocycles. The van der Waals surface area contributed by atoms with E-state index in [0.717, 1.165) is 57.1 Å². The quantitative estimate of drug-likeness (QED) is 0.665. The second kappa shape index (κ2) is 10.5. The van der Waals surface area contributed by atoms with E-state index >= 15 is 0 Å². The number of nitrogens with zero attached hydrogens (tertiary/aromatic N) is 2. The molecule has 3 rings (SSSR count). The number of hydrogen-bond acceptors (Lipinski definition) is 7. The van der Waals surface area contributed by atoms with E-state index in [-0.39, 0.29) is 18.0 Å². The molecule has 0 aliphatic carbocycles. The number of fused-ring (bicyclic) bond motifs is 1. The highest BCUT2D eigenvalue weighted by atomic mass is 16.6. The lowest BCUT2D eigenvalue weighted by Gasteiger charge is -2.26. The number of anilines is 1. The molecular weight excluding hydrogens is 374 g/mol. The smallest absolute Gasteiger partial charge is 0.414 e. The van der Waals surface area contributed by atoms with E-state index in [1.165, 1.54) is 4.90 Å². The van der Waals surface area contributed by atoms with Crippen LogP contribution in [0.4, 0.5) is 10.5 Å². The lowest BCUT2D eigenvalue weighted by Crippen LogP contribution is -2.38. The number of carbonyl (C=O) groups excluding carboxylic acids is 2. The van der Waals surface area contributed by atoms with Gasteiger partial charge in [-0.3, -0.25) is 9.69 Å². The molecule has 29 heavy (non-hydrogen) atoms. The highest BCUT2D eigenvalue weighted by Gasteiger charge is 2.24. The van der Waals surface area contributed by atoms with Crippen LogP contribution in [0.5, 0.6) is 5.75 Å². The number of ether oxygens (including phenoxy) is 3. The molecule has 1 atom stereocenters. The van der Waals surface area contributed by atoms with Crippen LogP contribution in [0.25, 0.3) is 0 Å². The first-order valence-corrected chi connectivity index (χ1v) is 10.3. The summed E-state index contributed by atoms with van der Waals surface area (Å²) in [6.45, 7) is 7.73. The number of nitrogens with one attached hydrogen (secondary N) is 1. The zero-order valence-electron chi connectivity index (χ0n) is 17.3. The number of benzene rings is 1. The van der Waals surface area contributed by atoms with Gasteiger partial charge in [-0.15, -0.1) is 0 Å². The lowest BCUT2D eigenvalue weighted by molar-refractivity contribution is -0.144. The monoisotopic (exact) mass is 405 g/mol. The molecule has 1 amide bonds. The molecule has 0 saturated carbocycles. The van der Waals surface area contributed by atoms with Gasteiger partial charge in [-0.05, 0) is 25.0 Å². The van der Waals surface area contributed by atoms with Crippen molar-refractivity contribution in [1.29, 1.82) is 0 Å². The van der Waals surface area contributed by atoms with Gasteiger partial charge in [0.1, 0.15) is 12.4 Å². The van der Waals surface area contributed by atoms with Crippen LogP contribution in [-0.4, -0.2) is 81.5 Å². The largest absolute Gasteiger partial charge is 0.464 e. The number of carbonyl (C=O) groups is 2. The van der Waals surface area contributed by atoms with Crippen LogP contribution in [0.3, 0.4) is 0 Å². The molecule has 1 aromatic rings. The van der Waals surface area contributed by atoms with Crippen LogP contribution in [0, 0.1) is 0 Å². The maximum atomic E-state index is 12.1. The van der Waals surface area contributed by atoms with E-state index in [4.69, 9.17) is 14.2 Å². The summed E-state index contributed by atoms with van der Waals surface area (Å²) in [5.41, 5.74) is 2.11. The highest BCUT2D eigenvalue weighted by Crippen LogP contribution is 2.36. The molecule has 0 spiro atoms. The van der Waals surface area contributed by atoms with Gasteiger partial charge in [0.05, 0.1) is 13.2 Å². The first-order chi connectivity index (χ1) is 14.1. The summed E-state index contributed by atoms with van der Waals surface area (Å²) in [6, 6.07) is 5.62. The van der Waals surface area contributed by atoms with E-state index in [2.05, 4.69) is 10.2 Å². The molecule has 0 bridgehead atoms. The van der Waals surface area contributed by atoms with Crippen molar-refractivity contribution in [3.05, 3.63) is 23.8 Å². The zero-order chi connectivity index (χ0) is 20.6. The van der Waals surface area contributed by atoms with Crippen molar-refractivity contribution in [3.8, 4) is 5.75 Å². The lowest BCUT2D eigenvalue weighted by atomic mass is 9.96. The first-order valence-electron chi connectivity index (χ1n) is 10.3. The van der Waals surface area contributed by atoms with Crippen LogP contribution in [-0.2, 0) is 14.3 Å². The summed E-state index contributed by atoms with van der Waals surface area (Å²) in [5.74, 6) is 0.615. The maximum Gasteiger partial charge on any atom is 0.414 e. The third kappa shape index (κ3) is 6.08. The SMILES string of the molecule is CCN(C)C(=O)Oc1ccc2c(c1)NCC2CCC(=O)OCCN1CCOCC1. The van der Waals surface area contributed by atoms with Crippen LogP contribution in [0.2, 0.25) is 0 Å². The Morgan fingerprint density at radius 3 is 2.86 bits per heavy atom. The zero-order valence-corrected chi connectivity index (χ0v) is 17.3. The van der Waals surface area contributed by atoms with Crippen molar-refractivity contribution in [2.45, 2.75) is 25.7 Å². The predicted molar refractivity (Wildman–Crippen MR) is 109 cm³/mol. The Morgan fingerprint density at radius 1 is 1.31 bits per heavy atom. The van der Waals surface area contributed by atoms with E-state index in [1.807, 2.05) is 19.1 Å². The number of hydrogen-bond donors (Lipinski definition) is 1. The minimum Gasteiger partial charge on any atom is -0.464 e. The van der Waals surface area contributed by atoms with Gasteiger partial charge in [-0.2, -0.15) is 0 Å². The van der Waals surface area contributed by atoms with Crippen molar-refractivity contribution >= 4 is 17.7 Å². The molecule has 1 fully saturated rings. The summed E-state index contributed by atoms with van der Waals surface area (Å²) in [6.07, 6.45) is 0.753. The van der Waals surface area contributed by atoms with E-state index in [9.17, 15) is 9.59 Å². The van der Waals surface area contributed by atoms with Crippen molar-refractivity contribution < 1.29 is 23.8 Å². The maximum absolute atomic E-state index is 12.1. The fourth-order valence-electron chi connectivity index (χ4n) is 3.49. The molecule has 8 nitrogen and oxygen atoms in total. The van der Waals surface area contributed by atoms with Gasteiger partial charge in [-0.25, -0.2) is 4.79 Å². The first kappa shape index (κ1) is 21.4. The minimum atomic E-state index is -0.373. The topological polar surface area (TPSA) is 80.3 Å². The van der Waals surface area contributed by atoms with E-state index in [0.29, 0.717) is 25.3 Å². The summed E-state index contributed by atoms with van der Waals surface area (Å²) < 4.78 is 16.1. The molecule has 2 heterocycles. The molecule has 8 heteroatoms. The van der Waals surface area contributed by atoms with Gasteiger partial charge in [-0.1, -0.05) is 6.07 Å². The van der Waals surface area contributed by atoms with Gasteiger partial charge in [0, 0.05) is 63.9 Å². The second-order valence-corrected chi connectivity index (χ2v) is 7.42. The molecule has 1 saturated heterocycles. The van der Waals surface area contributed by atoms with Gasteiger partial charge >= 0.3 is 12.1 Å². The van der Waals surface area contributed by atoms with Gasteiger partial charge < -0.3 is 24.4 Å². The van der Waals surface area contributed by atoms with Crippen molar-refractivity contribution in [3.63, 3.8) is 0 Å². The van der Waals surface area contributed by atoms with Gasteiger partial charge in [0.25, 0.3) is 0 Å². The van der Waals surface area contributed by atoms with Crippen LogP contribution >= 0.6 is 0 Å². The number of amides is 1. The Labute approximate surface area is 172 Å². The van der Waals surface area contributed by atoms with Crippen molar-refractivity contribution in [1.82, 2.24) is 9.80 Å². The number of morpholine rings is 1. The van der Waals surface area contributed by atoms with Crippen LogP contribution in [0.15, 0.2) is 18.2 Å². The normalized spacial score (nSPS) is 18.6. The second-order valence-electron chi connectivity index (χ2n) is 7.42. The summed E-state index contributed by atoms with van der Waals surface area (Å²) in [7, 11) is 1.70. The molecule has 0 radical (unpaired) electrons. The van der Waals surface area contributed by atoms with Gasteiger partial charge in [0.2, 0.25) is 0 Å². The Bertz CT molecular complexity index is 706. The number of rotatable bonds is 8. The number of esters is 1. The van der Waals surface area contributed by atoms with E-state index in [1.54, 1.807) is 13.1 Å². The minimum absolute atomic E-state index is 0.153. The van der Waals surface area contributed by atoms with Crippen LogP contribution in [0.1, 0.15) is 31.2 Å². The predicted octanol–water partition coefficient (Wildman–Crippen LogP) is 2.30. The third-order valence-corrected chi connectivity index (χ3v) is 5.47. The molecule has 2 aliphatic heterocycles. The summed E-state index contributed by atoms with van der Waals surface area (Å²) in [4.78, 5) is 27.7. The molecule has 2 aliphatic rings. The Kier molecular flexibility index (Phi) is 7.71. The molecule has 1 N–H and O–H groups in total. The highest BCUT2D eigenvalue weighted by molar-refractivity contribution is 5.72. The fraction of sp³-hybridized carbons (Fsp3) is 0.619. The standard InChI is InChI=1S/C21H31N3O5/c1-3-23(2)21(26)29-17-5-6-18-16(15-22-19(18)14-17)4-7-20(25)28-13-10-24-8-11-27-12-9-24/h5-6,14,16,22H,3-4,7-13,15H2,1-2H3. The Balaban J connectivity index is 1.42. The molecular formula is C21H31N3O5. The third-order valence-electron chi connectivity index (χ3n) is 5.47. The summed E-state index contributed by atoms with van der Waals surface area (Å²) in [5, 5.41) is 3.34. The Morgan fingerprint density at radius 2 is 2.10 bits per heavy atom. The Hall–Kier alpha value is -2.32. The average Bonchev–Trinajstić information content (AvgIpc) is 3.14. The van der Waals surface area contributed by atoms with Crippen LogP contribution < -0.4 is 10.1 Å². The molecule has 1 unspecified atom stereocenters. The van der Waals surface area contributed by atoms with Crippen molar-refractivity contribution in [2.75, 3.05) is 64.9 Å². The average molecular weight is 405 g/mol. The fourth-order valence-corrected chi connectivity index (χ4v) is 3.49. The van der Waals surface area contributed by atoms with Gasteiger partial charge in [0.15, 0.2) is 0 Å². The summed E-state index contributed by atoms with van der Waals surface area (Å²) >= 11 is 0. The van der Waals surface area contributed by atoms with E-state index < -0.39 is 0 Å². The molecule has 160 valence electrons. The van der Waals surface area contributed by atoms with Crippen molar-refractivity contribution in [2.24, 2.45) is 0 Å².